The first-order valence-corrected chi connectivity index (χ1v) is 9.93. The fourth-order valence-electron chi connectivity index (χ4n) is 2.47. The van der Waals surface area contributed by atoms with Crippen molar-refractivity contribution in [2.75, 3.05) is 13.1 Å². The maximum atomic E-state index is 12.7. The molecule has 21 heavy (non-hydrogen) atoms. The van der Waals surface area contributed by atoms with Crippen molar-refractivity contribution in [3.8, 4) is 0 Å². The zero-order valence-corrected chi connectivity index (χ0v) is 15.0. The molecule has 3 rings (SSSR count). The lowest BCUT2D eigenvalue weighted by Crippen LogP contribution is -2.32. The third kappa shape index (κ3) is 3.05. The number of thiophene rings is 1. The summed E-state index contributed by atoms with van der Waals surface area (Å²) >= 11 is 10.4. The maximum Gasteiger partial charge on any atom is 0.252 e. The Hall–Kier alpha value is -0.400. The van der Waals surface area contributed by atoms with Crippen LogP contribution >= 0.6 is 38.9 Å². The minimum atomic E-state index is -3.47. The van der Waals surface area contributed by atoms with E-state index in [9.17, 15) is 8.42 Å². The molecule has 0 unspecified atom stereocenters. The van der Waals surface area contributed by atoms with Crippen molar-refractivity contribution < 1.29 is 8.42 Å². The molecule has 0 atom stereocenters. The highest BCUT2D eigenvalue weighted by molar-refractivity contribution is 9.11. The summed E-state index contributed by atoms with van der Waals surface area (Å²) in [6.07, 6.45) is 1.49. The van der Waals surface area contributed by atoms with E-state index in [-0.39, 0.29) is 0 Å². The van der Waals surface area contributed by atoms with Gasteiger partial charge in [-0.05, 0) is 46.0 Å². The molecular formula is C14H13BrClNO2S2. The Morgan fingerprint density at radius 3 is 2.19 bits per heavy atom. The van der Waals surface area contributed by atoms with E-state index in [2.05, 4.69) is 28.1 Å². The minimum absolute atomic E-state index is 0.297. The van der Waals surface area contributed by atoms with Gasteiger partial charge >= 0.3 is 0 Å². The minimum Gasteiger partial charge on any atom is -0.206 e. The number of sulfonamides is 1. The van der Waals surface area contributed by atoms with Crippen LogP contribution in [0.3, 0.4) is 0 Å². The SMILES string of the molecule is O=S(=O)(c1cc(Cl)c(Br)s1)N1CCc2ccccc2CC1. The number of hydrogen-bond donors (Lipinski definition) is 0. The lowest BCUT2D eigenvalue weighted by Gasteiger charge is -2.18. The fraction of sp³-hybridized carbons (Fsp3) is 0.286. The van der Waals surface area contributed by atoms with Crippen LogP contribution in [0.1, 0.15) is 11.1 Å². The second kappa shape index (κ2) is 6.01. The highest BCUT2D eigenvalue weighted by Gasteiger charge is 2.28. The number of nitrogens with zero attached hydrogens (tertiary/aromatic N) is 1. The normalized spacial score (nSPS) is 16.5. The highest BCUT2D eigenvalue weighted by atomic mass is 79.9. The molecule has 112 valence electrons. The van der Waals surface area contributed by atoms with E-state index >= 15 is 0 Å². The van der Waals surface area contributed by atoms with Crippen LogP contribution in [0.5, 0.6) is 0 Å². The third-order valence-electron chi connectivity index (χ3n) is 3.60. The van der Waals surface area contributed by atoms with Crippen LogP contribution < -0.4 is 0 Å². The molecule has 1 aliphatic rings. The molecule has 0 N–H and O–H groups in total. The zero-order valence-electron chi connectivity index (χ0n) is 11.1. The monoisotopic (exact) mass is 405 g/mol. The molecule has 0 amide bonds. The first-order valence-electron chi connectivity index (χ1n) is 6.50. The van der Waals surface area contributed by atoms with Gasteiger partial charge in [-0.15, -0.1) is 11.3 Å². The van der Waals surface area contributed by atoms with Gasteiger partial charge in [0.05, 0.1) is 8.81 Å². The average molecular weight is 407 g/mol. The van der Waals surface area contributed by atoms with Crippen molar-refractivity contribution in [2.45, 2.75) is 17.1 Å². The van der Waals surface area contributed by atoms with Crippen LogP contribution in [0.4, 0.5) is 0 Å². The van der Waals surface area contributed by atoms with Gasteiger partial charge in [0.15, 0.2) is 0 Å². The summed E-state index contributed by atoms with van der Waals surface area (Å²) in [7, 11) is -3.47. The lowest BCUT2D eigenvalue weighted by atomic mass is 10.0. The maximum absolute atomic E-state index is 12.7. The topological polar surface area (TPSA) is 37.4 Å². The molecular weight excluding hydrogens is 394 g/mol. The first-order chi connectivity index (χ1) is 9.98. The molecule has 0 saturated heterocycles. The van der Waals surface area contributed by atoms with Gasteiger partial charge in [0.1, 0.15) is 4.21 Å². The number of fused-ring (bicyclic) bond motifs is 1. The van der Waals surface area contributed by atoms with Gasteiger partial charge in [-0.25, -0.2) is 8.42 Å². The predicted molar refractivity (Wildman–Crippen MR) is 89.6 cm³/mol. The molecule has 2 aromatic rings. The Kier molecular flexibility index (Phi) is 4.43. The number of halogens is 2. The Bertz CT molecular complexity index is 727. The summed E-state index contributed by atoms with van der Waals surface area (Å²) in [5.41, 5.74) is 2.47. The van der Waals surface area contributed by atoms with E-state index in [1.165, 1.54) is 17.2 Å². The Balaban J connectivity index is 1.88. The number of benzene rings is 1. The first kappa shape index (κ1) is 15.5. The van der Waals surface area contributed by atoms with Gasteiger partial charge in [0, 0.05) is 13.1 Å². The van der Waals surface area contributed by atoms with Crippen molar-refractivity contribution in [3.63, 3.8) is 0 Å². The van der Waals surface area contributed by atoms with E-state index in [1.807, 2.05) is 12.1 Å². The van der Waals surface area contributed by atoms with Crippen molar-refractivity contribution >= 4 is 48.9 Å². The molecule has 0 bridgehead atoms. The molecule has 0 aliphatic carbocycles. The molecule has 7 heteroatoms. The highest BCUT2D eigenvalue weighted by Crippen LogP contribution is 2.36. The van der Waals surface area contributed by atoms with Gasteiger partial charge in [-0.2, -0.15) is 4.31 Å². The Morgan fingerprint density at radius 1 is 1.14 bits per heavy atom. The largest absolute Gasteiger partial charge is 0.252 e. The summed E-state index contributed by atoms with van der Waals surface area (Å²) in [5, 5.41) is 0.441. The van der Waals surface area contributed by atoms with Crippen molar-refractivity contribution in [2.24, 2.45) is 0 Å². The van der Waals surface area contributed by atoms with Gasteiger partial charge in [0.25, 0.3) is 10.0 Å². The quantitative estimate of drug-likeness (QED) is 0.757. The molecule has 0 radical (unpaired) electrons. The fourth-order valence-corrected chi connectivity index (χ4v) is 6.46. The van der Waals surface area contributed by atoms with Crippen molar-refractivity contribution in [1.29, 1.82) is 0 Å². The summed E-state index contributed by atoms with van der Waals surface area (Å²) in [5.74, 6) is 0. The zero-order chi connectivity index (χ0) is 15.0. The average Bonchev–Trinajstić information content (AvgIpc) is 2.69. The summed E-state index contributed by atoms with van der Waals surface area (Å²) in [4.78, 5) is 0. The van der Waals surface area contributed by atoms with E-state index in [0.29, 0.717) is 26.1 Å². The molecule has 1 aromatic heterocycles. The van der Waals surface area contributed by atoms with Gasteiger partial charge < -0.3 is 0 Å². The molecule has 1 aliphatic heterocycles. The predicted octanol–water partition coefficient (Wildman–Crippen LogP) is 3.95. The summed E-state index contributed by atoms with van der Waals surface area (Å²) in [6, 6.07) is 9.66. The van der Waals surface area contributed by atoms with Crippen LogP contribution in [0.2, 0.25) is 5.02 Å². The van der Waals surface area contributed by atoms with Crippen LogP contribution in [0, 0.1) is 0 Å². The van der Waals surface area contributed by atoms with E-state index < -0.39 is 10.0 Å². The second-order valence-corrected chi connectivity index (χ2v) is 9.80. The Labute approximate surface area is 141 Å². The van der Waals surface area contributed by atoms with Gasteiger partial charge in [-0.1, -0.05) is 35.9 Å². The second-order valence-electron chi connectivity index (χ2n) is 4.86. The van der Waals surface area contributed by atoms with E-state index in [4.69, 9.17) is 11.6 Å². The molecule has 0 saturated carbocycles. The Morgan fingerprint density at radius 2 is 1.71 bits per heavy atom. The molecule has 0 fully saturated rings. The number of rotatable bonds is 2. The number of hydrogen-bond acceptors (Lipinski definition) is 3. The van der Waals surface area contributed by atoms with E-state index in [1.54, 1.807) is 4.31 Å². The summed E-state index contributed by atoms with van der Waals surface area (Å²) in [6.45, 7) is 1.01. The van der Waals surface area contributed by atoms with Crippen LogP contribution in [0.25, 0.3) is 0 Å². The summed E-state index contributed by atoms with van der Waals surface area (Å²) < 4.78 is 27.9. The van der Waals surface area contributed by atoms with Gasteiger partial charge in [0.2, 0.25) is 0 Å². The van der Waals surface area contributed by atoms with Crippen LogP contribution in [-0.4, -0.2) is 25.8 Å². The molecule has 2 heterocycles. The standard InChI is InChI=1S/C14H13BrClNO2S2/c15-14-12(16)9-13(20-14)21(18,19)17-7-5-10-3-1-2-4-11(10)6-8-17/h1-4,9H,5-8H2. The van der Waals surface area contributed by atoms with Gasteiger partial charge in [-0.3, -0.25) is 0 Å². The van der Waals surface area contributed by atoms with Crippen molar-refractivity contribution in [1.82, 2.24) is 4.31 Å². The van der Waals surface area contributed by atoms with E-state index in [0.717, 1.165) is 24.2 Å². The third-order valence-corrected chi connectivity index (χ3v) is 8.42. The molecule has 1 aromatic carbocycles. The van der Waals surface area contributed by atoms with Crippen LogP contribution in [0.15, 0.2) is 38.3 Å². The lowest BCUT2D eigenvalue weighted by molar-refractivity contribution is 0.428. The molecule has 3 nitrogen and oxygen atoms in total. The molecule has 0 spiro atoms. The smallest absolute Gasteiger partial charge is 0.206 e. The van der Waals surface area contributed by atoms with Crippen LogP contribution in [-0.2, 0) is 22.9 Å². The van der Waals surface area contributed by atoms with Crippen molar-refractivity contribution in [3.05, 3.63) is 50.3 Å².